The number of benzene rings is 2. The van der Waals surface area contributed by atoms with Crippen LogP contribution in [0.5, 0.6) is 5.75 Å². The molecule has 0 saturated heterocycles. The van der Waals surface area contributed by atoms with Gasteiger partial charge in [0, 0.05) is 16.0 Å². The number of thiocarbonyl (C=S) groups is 1. The molecule has 2 aromatic carbocycles. The van der Waals surface area contributed by atoms with Crippen LogP contribution in [0.25, 0.3) is 0 Å². The Balaban J connectivity index is 2.00. The maximum Gasteiger partial charge on any atom is 0.261 e. The third kappa shape index (κ3) is 5.19. The van der Waals surface area contributed by atoms with Gasteiger partial charge in [0.2, 0.25) is 0 Å². The number of hydrogen-bond acceptors (Lipinski definition) is 3. The lowest BCUT2D eigenvalue weighted by atomic mass is 10.2. The Morgan fingerprint density at radius 3 is 2.75 bits per heavy atom. The van der Waals surface area contributed by atoms with E-state index in [0.29, 0.717) is 29.5 Å². The number of halogens is 2. The van der Waals surface area contributed by atoms with E-state index in [9.17, 15) is 4.79 Å². The highest BCUT2D eigenvalue weighted by Gasteiger charge is 2.14. The summed E-state index contributed by atoms with van der Waals surface area (Å²) in [6, 6.07) is 12.7. The smallest absolute Gasteiger partial charge is 0.261 e. The summed E-state index contributed by atoms with van der Waals surface area (Å²) in [5, 5.41) is 6.49. The molecule has 0 aliphatic carbocycles. The van der Waals surface area contributed by atoms with Crippen LogP contribution in [0.1, 0.15) is 22.8 Å². The van der Waals surface area contributed by atoms with Crippen molar-refractivity contribution in [2.24, 2.45) is 0 Å². The second kappa shape index (κ2) is 9.01. The minimum absolute atomic E-state index is 0.224. The van der Waals surface area contributed by atoms with Gasteiger partial charge in [-0.05, 0) is 49.0 Å². The predicted octanol–water partition coefficient (Wildman–Crippen LogP) is 4.31. The molecule has 0 aromatic heterocycles. The number of carbonyl (C=O) groups excluding carboxylic acids is 1. The minimum atomic E-state index is -0.337. The molecule has 0 heterocycles. The number of nitrogens with one attached hydrogen (secondary N) is 2. The first-order valence-electron chi connectivity index (χ1n) is 7.26. The molecule has 0 fully saturated rings. The lowest BCUT2D eigenvalue weighted by molar-refractivity contribution is 0.0973. The van der Waals surface area contributed by atoms with Crippen LogP contribution in [-0.2, 0) is 6.54 Å². The number of rotatable bonds is 5. The first-order valence-corrected chi connectivity index (χ1v) is 8.84. The summed E-state index contributed by atoms with van der Waals surface area (Å²) in [7, 11) is 0. The summed E-state index contributed by atoms with van der Waals surface area (Å²) in [5.74, 6) is 0.170. The van der Waals surface area contributed by atoms with E-state index < -0.39 is 0 Å². The highest BCUT2D eigenvalue weighted by atomic mass is 79.9. The molecule has 24 heavy (non-hydrogen) atoms. The topological polar surface area (TPSA) is 50.4 Å². The average molecular weight is 428 g/mol. The van der Waals surface area contributed by atoms with Crippen molar-refractivity contribution in [1.29, 1.82) is 0 Å². The maximum atomic E-state index is 12.4. The van der Waals surface area contributed by atoms with Crippen molar-refractivity contribution in [3.63, 3.8) is 0 Å². The van der Waals surface area contributed by atoms with Gasteiger partial charge < -0.3 is 10.1 Å². The van der Waals surface area contributed by atoms with E-state index in [0.717, 1.165) is 10.0 Å². The molecule has 7 heteroatoms. The molecule has 0 radical (unpaired) electrons. The predicted molar refractivity (Wildman–Crippen MR) is 104 cm³/mol. The zero-order valence-electron chi connectivity index (χ0n) is 12.9. The van der Waals surface area contributed by atoms with Crippen LogP contribution in [-0.4, -0.2) is 17.6 Å². The summed E-state index contributed by atoms with van der Waals surface area (Å²) in [4.78, 5) is 12.4. The quantitative estimate of drug-likeness (QED) is 0.698. The van der Waals surface area contributed by atoms with Gasteiger partial charge >= 0.3 is 0 Å². The van der Waals surface area contributed by atoms with Gasteiger partial charge in [0.1, 0.15) is 5.75 Å². The Labute approximate surface area is 159 Å². The molecule has 126 valence electrons. The number of hydrogen-bond donors (Lipinski definition) is 2. The van der Waals surface area contributed by atoms with Crippen LogP contribution in [0, 0.1) is 0 Å². The van der Waals surface area contributed by atoms with Crippen molar-refractivity contribution in [2.75, 3.05) is 6.61 Å². The third-order valence-electron chi connectivity index (χ3n) is 3.11. The van der Waals surface area contributed by atoms with E-state index >= 15 is 0 Å². The fourth-order valence-corrected chi connectivity index (χ4v) is 2.72. The van der Waals surface area contributed by atoms with Gasteiger partial charge in [-0.15, -0.1) is 0 Å². The van der Waals surface area contributed by atoms with Crippen molar-refractivity contribution in [3.8, 4) is 5.75 Å². The van der Waals surface area contributed by atoms with Gasteiger partial charge in [-0.1, -0.05) is 45.7 Å². The van der Waals surface area contributed by atoms with E-state index in [4.69, 9.17) is 28.6 Å². The molecule has 0 aliphatic heterocycles. The molecule has 2 aromatic rings. The average Bonchev–Trinajstić information content (AvgIpc) is 2.56. The number of amides is 1. The van der Waals surface area contributed by atoms with E-state index in [1.54, 1.807) is 18.2 Å². The van der Waals surface area contributed by atoms with E-state index in [-0.39, 0.29) is 11.0 Å². The standard InChI is InChI=1S/C17H16BrClN2O2S/c1-2-23-15-8-7-12(18)9-13(15)16(22)21-17(24)20-10-11-5-3-4-6-14(11)19/h3-9H,2,10H2,1H3,(H2,20,21,22,24). The molecule has 2 rings (SSSR count). The normalized spacial score (nSPS) is 10.1. The van der Waals surface area contributed by atoms with Gasteiger partial charge in [-0.2, -0.15) is 0 Å². The Morgan fingerprint density at radius 1 is 1.29 bits per heavy atom. The van der Waals surface area contributed by atoms with Crippen LogP contribution in [0.2, 0.25) is 5.02 Å². The first kappa shape index (κ1) is 18.7. The zero-order chi connectivity index (χ0) is 17.5. The Morgan fingerprint density at radius 2 is 2.04 bits per heavy atom. The Bertz CT molecular complexity index is 755. The van der Waals surface area contributed by atoms with E-state index in [1.807, 2.05) is 31.2 Å². The maximum absolute atomic E-state index is 12.4. The van der Waals surface area contributed by atoms with Crippen molar-refractivity contribution in [3.05, 3.63) is 63.1 Å². The van der Waals surface area contributed by atoms with Crippen LogP contribution in [0.4, 0.5) is 0 Å². The molecule has 0 bridgehead atoms. The third-order valence-corrected chi connectivity index (χ3v) is 4.22. The molecule has 0 spiro atoms. The molecule has 2 N–H and O–H groups in total. The van der Waals surface area contributed by atoms with Gasteiger partial charge in [0.05, 0.1) is 12.2 Å². The van der Waals surface area contributed by atoms with Gasteiger partial charge in [0.15, 0.2) is 5.11 Å². The van der Waals surface area contributed by atoms with E-state index in [2.05, 4.69) is 26.6 Å². The van der Waals surface area contributed by atoms with Crippen LogP contribution >= 0.6 is 39.7 Å². The molecular weight excluding hydrogens is 412 g/mol. The molecule has 0 saturated carbocycles. The summed E-state index contributed by atoms with van der Waals surface area (Å²) in [6.45, 7) is 2.76. The summed E-state index contributed by atoms with van der Waals surface area (Å²) in [5.41, 5.74) is 1.31. The van der Waals surface area contributed by atoms with Crippen LogP contribution < -0.4 is 15.4 Å². The molecule has 0 aliphatic rings. The fraction of sp³-hybridized carbons (Fsp3) is 0.176. The minimum Gasteiger partial charge on any atom is -0.493 e. The zero-order valence-corrected chi connectivity index (χ0v) is 16.1. The summed E-state index contributed by atoms with van der Waals surface area (Å²) < 4.78 is 6.26. The van der Waals surface area contributed by atoms with E-state index in [1.165, 1.54) is 0 Å². The highest BCUT2D eigenvalue weighted by molar-refractivity contribution is 9.10. The fourth-order valence-electron chi connectivity index (χ4n) is 1.99. The Kier molecular flexibility index (Phi) is 7.02. The second-order valence-electron chi connectivity index (χ2n) is 4.80. The molecule has 4 nitrogen and oxygen atoms in total. The Hall–Kier alpha value is -1.63. The SMILES string of the molecule is CCOc1ccc(Br)cc1C(=O)NC(=S)NCc1ccccc1Cl. The molecule has 0 unspecified atom stereocenters. The molecular formula is C17H16BrClN2O2S. The second-order valence-corrected chi connectivity index (χ2v) is 6.53. The first-order chi connectivity index (χ1) is 11.5. The van der Waals surface area contributed by atoms with Gasteiger partial charge in [0.25, 0.3) is 5.91 Å². The molecule has 1 amide bonds. The number of ether oxygens (including phenoxy) is 1. The molecule has 0 atom stereocenters. The largest absolute Gasteiger partial charge is 0.493 e. The highest BCUT2D eigenvalue weighted by Crippen LogP contribution is 2.23. The van der Waals surface area contributed by atoms with Gasteiger partial charge in [-0.25, -0.2) is 0 Å². The van der Waals surface area contributed by atoms with Crippen LogP contribution in [0.15, 0.2) is 46.9 Å². The van der Waals surface area contributed by atoms with Crippen molar-refractivity contribution in [2.45, 2.75) is 13.5 Å². The van der Waals surface area contributed by atoms with Crippen molar-refractivity contribution in [1.82, 2.24) is 10.6 Å². The summed E-state index contributed by atoms with van der Waals surface area (Å²) in [6.07, 6.45) is 0. The lowest BCUT2D eigenvalue weighted by Crippen LogP contribution is -2.39. The monoisotopic (exact) mass is 426 g/mol. The van der Waals surface area contributed by atoms with Gasteiger partial charge in [-0.3, -0.25) is 10.1 Å². The van der Waals surface area contributed by atoms with Crippen molar-refractivity contribution >= 4 is 50.8 Å². The number of carbonyl (C=O) groups is 1. The van der Waals surface area contributed by atoms with Crippen LogP contribution in [0.3, 0.4) is 0 Å². The summed E-state index contributed by atoms with van der Waals surface area (Å²) >= 11 is 14.6. The lowest BCUT2D eigenvalue weighted by Gasteiger charge is -2.13. The van der Waals surface area contributed by atoms with Crippen molar-refractivity contribution < 1.29 is 9.53 Å².